The summed E-state index contributed by atoms with van der Waals surface area (Å²) in [5.74, 6) is 1.59. The van der Waals surface area contributed by atoms with E-state index in [2.05, 4.69) is 37.7 Å². The van der Waals surface area contributed by atoms with Gasteiger partial charge in [-0.3, -0.25) is 9.39 Å². The molecule has 0 amide bonds. The van der Waals surface area contributed by atoms with Crippen molar-refractivity contribution < 1.29 is 0 Å². The number of aliphatic imine (C=N–C) groups is 1. The Labute approximate surface area is 138 Å². The Kier molecular flexibility index (Phi) is 4.82. The zero-order valence-electron chi connectivity index (χ0n) is 13.2. The van der Waals surface area contributed by atoms with Gasteiger partial charge in [-0.2, -0.15) is 0 Å². The van der Waals surface area contributed by atoms with Crippen LogP contribution in [0.3, 0.4) is 0 Å². The molecule has 8 heteroatoms. The zero-order valence-corrected chi connectivity index (χ0v) is 14.0. The normalized spacial score (nSPS) is 11.8. The van der Waals surface area contributed by atoms with Crippen LogP contribution in [0.5, 0.6) is 0 Å². The molecule has 0 aliphatic heterocycles. The van der Waals surface area contributed by atoms with Gasteiger partial charge in [0, 0.05) is 37.3 Å². The number of nitrogens with zero attached hydrogens (tertiary/aromatic N) is 5. The van der Waals surface area contributed by atoms with Crippen LogP contribution in [0.1, 0.15) is 15.7 Å². The maximum atomic E-state index is 4.36. The van der Waals surface area contributed by atoms with Gasteiger partial charge in [0.1, 0.15) is 0 Å². The quantitative estimate of drug-likeness (QED) is 0.546. The molecule has 0 bridgehead atoms. The topological polar surface area (TPSA) is 79.5 Å². The van der Waals surface area contributed by atoms with Crippen LogP contribution in [0, 0.1) is 6.92 Å². The van der Waals surface area contributed by atoms with Crippen molar-refractivity contribution in [3.63, 3.8) is 0 Å². The first kappa shape index (κ1) is 15.4. The number of thiazole rings is 1. The third kappa shape index (κ3) is 3.84. The van der Waals surface area contributed by atoms with Crippen LogP contribution in [0.2, 0.25) is 0 Å². The fourth-order valence-electron chi connectivity index (χ4n) is 2.20. The summed E-state index contributed by atoms with van der Waals surface area (Å²) >= 11 is 1.73. The van der Waals surface area contributed by atoms with Gasteiger partial charge in [-0.1, -0.05) is 6.07 Å². The molecule has 2 N–H and O–H groups in total. The Morgan fingerprint density at radius 1 is 1.30 bits per heavy atom. The highest BCUT2D eigenvalue weighted by Crippen LogP contribution is 2.10. The highest BCUT2D eigenvalue weighted by molar-refractivity contribution is 7.11. The number of hydrogen-bond donors (Lipinski definition) is 2. The first-order valence-electron chi connectivity index (χ1n) is 7.41. The first-order valence-corrected chi connectivity index (χ1v) is 8.22. The van der Waals surface area contributed by atoms with Crippen molar-refractivity contribution in [3.8, 4) is 0 Å². The summed E-state index contributed by atoms with van der Waals surface area (Å²) in [7, 11) is 1.75. The Morgan fingerprint density at radius 2 is 2.22 bits per heavy atom. The maximum absolute atomic E-state index is 4.36. The van der Waals surface area contributed by atoms with Crippen LogP contribution in [-0.4, -0.2) is 39.1 Å². The summed E-state index contributed by atoms with van der Waals surface area (Å²) in [5, 5.41) is 16.0. The Morgan fingerprint density at radius 3 is 3.00 bits per heavy atom. The lowest BCUT2D eigenvalue weighted by molar-refractivity contribution is 0.756. The van der Waals surface area contributed by atoms with Crippen molar-refractivity contribution in [2.75, 3.05) is 13.6 Å². The fourth-order valence-corrected chi connectivity index (χ4v) is 2.99. The second kappa shape index (κ2) is 7.19. The van der Waals surface area contributed by atoms with Gasteiger partial charge in [0.15, 0.2) is 17.4 Å². The monoisotopic (exact) mass is 329 g/mol. The van der Waals surface area contributed by atoms with E-state index in [1.807, 2.05) is 35.0 Å². The van der Waals surface area contributed by atoms with E-state index in [0.717, 1.165) is 35.4 Å². The van der Waals surface area contributed by atoms with Crippen molar-refractivity contribution in [1.29, 1.82) is 0 Å². The van der Waals surface area contributed by atoms with Gasteiger partial charge < -0.3 is 10.6 Å². The Bertz CT molecular complexity index is 805. The molecule has 3 aromatic rings. The summed E-state index contributed by atoms with van der Waals surface area (Å²) in [5.41, 5.74) is 0.839. The summed E-state index contributed by atoms with van der Waals surface area (Å²) in [6.07, 6.45) is 4.74. The lowest BCUT2D eigenvalue weighted by atomic mass is 10.4. The van der Waals surface area contributed by atoms with E-state index in [1.165, 1.54) is 4.88 Å². The molecular weight excluding hydrogens is 310 g/mol. The van der Waals surface area contributed by atoms with Gasteiger partial charge in [-0.15, -0.1) is 21.5 Å². The molecule has 0 fully saturated rings. The van der Waals surface area contributed by atoms with Crippen molar-refractivity contribution in [3.05, 3.63) is 46.3 Å². The number of pyridine rings is 1. The molecular formula is C15H19N7S. The van der Waals surface area contributed by atoms with Gasteiger partial charge in [0.2, 0.25) is 0 Å². The average molecular weight is 329 g/mol. The smallest absolute Gasteiger partial charge is 0.191 e. The zero-order chi connectivity index (χ0) is 16.1. The second-order valence-corrected chi connectivity index (χ2v) is 6.33. The van der Waals surface area contributed by atoms with E-state index >= 15 is 0 Å². The molecule has 0 saturated heterocycles. The highest BCUT2D eigenvalue weighted by Gasteiger charge is 2.06. The number of aromatic nitrogens is 4. The van der Waals surface area contributed by atoms with Gasteiger partial charge in [-0.05, 0) is 19.1 Å². The number of guanidine groups is 1. The fraction of sp³-hybridized carbons (Fsp3) is 0.333. The minimum Gasteiger partial charge on any atom is -0.356 e. The SMILES string of the molecule is CN=C(NCCc1ncc(C)s1)NCc1nnc2ccccn12. The highest BCUT2D eigenvalue weighted by atomic mass is 32.1. The molecule has 3 heterocycles. The van der Waals surface area contributed by atoms with Crippen molar-refractivity contribution in [2.24, 2.45) is 4.99 Å². The largest absolute Gasteiger partial charge is 0.356 e. The average Bonchev–Trinajstić information content (AvgIpc) is 3.17. The van der Waals surface area contributed by atoms with E-state index < -0.39 is 0 Å². The van der Waals surface area contributed by atoms with Crippen molar-refractivity contribution in [1.82, 2.24) is 30.2 Å². The van der Waals surface area contributed by atoms with Crippen LogP contribution >= 0.6 is 11.3 Å². The lowest BCUT2D eigenvalue weighted by Gasteiger charge is -2.10. The van der Waals surface area contributed by atoms with E-state index in [1.54, 1.807) is 18.4 Å². The van der Waals surface area contributed by atoms with E-state index in [0.29, 0.717) is 6.54 Å². The Balaban J connectivity index is 1.51. The summed E-state index contributed by atoms with van der Waals surface area (Å²) in [6, 6.07) is 5.84. The molecule has 120 valence electrons. The third-order valence-corrected chi connectivity index (χ3v) is 4.29. The van der Waals surface area contributed by atoms with Crippen LogP contribution in [0.25, 0.3) is 5.65 Å². The predicted molar refractivity (Wildman–Crippen MR) is 91.7 cm³/mol. The molecule has 0 aliphatic rings. The van der Waals surface area contributed by atoms with Crippen LogP contribution in [0.15, 0.2) is 35.6 Å². The van der Waals surface area contributed by atoms with E-state index in [-0.39, 0.29) is 0 Å². The number of rotatable bonds is 5. The van der Waals surface area contributed by atoms with Gasteiger partial charge >= 0.3 is 0 Å². The molecule has 0 aliphatic carbocycles. The summed E-state index contributed by atoms with van der Waals surface area (Å²) < 4.78 is 1.96. The van der Waals surface area contributed by atoms with Crippen LogP contribution < -0.4 is 10.6 Å². The molecule has 0 spiro atoms. The molecule has 0 radical (unpaired) electrons. The number of hydrogen-bond acceptors (Lipinski definition) is 5. The van der Waals surface area contributed by atoms with Crippen molar-refractivity contribution in [2.45, 2.75) is 19.9 Å². The lowest BCUT2D eigenvalue weighted by Crippen LogP contribution is -2.38. The van der Waals surface area contributed by atoms with Gasteiger partial charge in [0.25, 0.3) is 0 Å². The molecule has 0 unspecified atom stereocenters. The van der Waals surface area contributed by atoms with E-state index in [9.17, 15) is 0 Å². The molecule has 3 rings (SSSR count). The molecule has 7 nitrogen and oxygen atoms in total. The molecule has 3 aromatic heterocycles. The van der Waals surface area contributed by atoms with Crippen LogP contribution in [0.4, 0.5) is 0 Å². The number of aryl methyl sites for hydroxylation is 1. The first-order chi connectivity index (χ1) is 11.3. The predicted octanol–water partition coefficient (Wildman–Crippen LogP) is 1.40. The Hall–Kier alpha value is -2.48. The second-order valence-electron chi connectivity index (χ2n) is 5.01. The standard InChI is InChI=1S/C15H19N7S/c1-11-9-18-14(23-11)6-7-17-15(16-2)19-10-13-21-20-12-5-3-4-8-22(12)13/h3-5,8-9H,6-7,10H2,1-2H3,(H2,16,17,19). The summed E-state index contributed by atoms with van der Waals surface area (Å²) in [6.45, 7) is 3.41. The van der Waals surface area contributed by atoms with Crippen LogP contribution in [-0.2, 0) is 13.0 Å². The minimum atomic E-state index is 0.557. The molecule has 0 aromatic carbocycles. The molecule has 0 saturated carbocycles. The third-order valence-electron chi connectivity index (χ3n) is 3.32. The maximum Gasteiger partial charge on any atom is 0.191 e. The van der Waals surface area contributed by atoms with Gasteiger partial charge in [-0.25, -0.2) is 4.98 Å². The van der Waals surface area contributed by atoms with Gasteiger partial charge in [0.05, 0.1) is 11.6 Å². The number of nitrogens with one attached hydrogen (secondary N) is 2. The minimum absolute atomic E-state index is 0.557. The number of fused-ring (bicyclic) bond motifs is 1. The van der Waals surface area contributed by atoms with Crippen molar-refractivity contribution >= 4 is 22.9 Å². The molecule has 0 atom stereocenters. The molecule has 23 heavy (non-hydrogen) atoms. The summed E-state index contributed by atoms with van der Waals surface area (Å²) in [4.78, 5) is 9.82. The van der Waals surface area contributed by atoms with E-state index in [4.69, 9.17) is 0 Å².